The minimum Gasteiger partial charge on any atom is -0.350 e. The summed E-state index contributed by atoms with van der Waals surface area (Å²) >= 11 is 3.18. The number of halogens is 1. The predicted molar refractivity (Wildman–Crippen MR) is 81.9 cm³/mol. The first-order valence-corrected chi connectivity index (χ1v) is 8.57. The SMILES string of the molecule is CC(C)CC(C)NC(=O)c1cc(Br)cc(S(N)(=O)=O)c1. The Hall–Kier alpha value is -0.920. The number of hydrogen-bond acceptors (Lipinski definition) is 3. The average molecular weight is 363 g/mol. The van der Waals surface area contributed by atoms with Gasteiger partial charge in [0.1, 0.15) is 0 Å². The Kier molecular flexibility index (Phi) is 5.73. The molecule has 0 aliphatic rings. The third kappa shape index (κ3) is 5.22. The summed E-state index contributed by atoms with van der Waals surface area (Å²) in [5.41, 5.74) is 0.263. The number of carbonyl (C=O) groups excluding carboxylic acids is 1. The standard InChI is InChI=1S/C13H19BrN2O3S/c1-8(2)4-9(3)16-13(17)10-5-11(14)7-12(6-10)20(15,18)19/h5-9H,4H2,1-3H3,(H,16,17)(H2,15,18,19). The maximum absolute atomic E-state index is 12.1. The van der Waals surface area contributed by atoms with Crippen LogP contribution in [0, 0.1) is 5.92 Å². The van der Waals surface area contributed by atoms with Crippen molar-refractivity contribution in [3.05, 3.63) is 28.2 Å². The van der Waals surface area contributed by atoms with Gasteiger partial charge in [-0.1, -0.05) is 29.8 Å². The molecule has 0 saturated heterocycles. The van der Waals surface area contributed by atoms with Crippen molar-refractivity contribution in [1.29, 1.82) is 0 Å². The molecule has 1 amide bonds. The molecule has 112 valence electrons. The number of hydrogen-bond donors (Lipinski definition) is 2. The number of carbonyl (C=O) groups is 1. The highest BCUT2D eigenvalue weighted by atomic mass is 79.9. The maximum atomic E-state index is 12.1. The van der Waals surface area contributed by atoms with Crippen molar-refractivity contribution in [2.45, 2.75) is 38.1 Å². The molecule has 20 heavy (non-hydrogen) atoms. The lowest BCUT2D eigenvalue weighted by molar-refractivity contribution is 0.0936. The molecule has 1 aromatic carbocycles. The third-order valence-corrected chi connectivity index (χ3v) is 4.02. The van der Waals surface area contributed by atoms with Crippen LogP contribution in [0.15, 0.2) is 27.6 Å². The topological polar surface area (TPSA) is 89.3 Å². The van der Waals surface area contributed by atoms with Crippen LogP contribution in [0.2, 0.25) is 0 Å². The number of rotatable bonds is 5. The van der Waals surface area contributed by atoms with Crippen molar-refractivity contribution in [1.82, 2.24) is 5.32 Å². The molecular weight excluding hydrogens is 344 g/mol. The molecule has 0 aromatic heterocycles. The van der Waals surface area contributed by atoms with Gasteiger partial charge in [-0.05, 0) is 37.5 Å². The molecule has 0 bridgehead atoms. The fourth-order valence-corrected chi connectivity index (χ4v) is 3.16. The lowest BCUT2D eigenvalue weighted by atomic mass is 10.0. The van der Waals surface area contributed by atoms with Crippen LogP contribution in [0.3, 0.4) is 0 Å². The van der Waals surface area contributed by atoms with Crippen molar-refractivity contribution in [2.24, 2.45) is 11.1 Å². The average Bonchev–Trinajstić information content (AvgIpc) is 2.25. The number of nitrogens with one attached hydrogen (secondary N) is 1. The molecule has 7 heteroatoms. The lowest BCUT2D eigenvalue weighted by Crippen LogP contribution is -2.33. The van der Waals surface area contributed by atoms with Gasteiger partial charge >= 0.3 is 0 Å². The predicted octanol–water partition coefficient (Wildman–Crippen LogP) is 2.26. The van der Waals surface area contributed by atoms with E-state index in [2.05, 4.69) is 35.1 Å². The van der Waals surface area contributed by atoms with E-state index in [-0.39, 0.29) is 22.4 Å². The van der Waals surface area contributed by atoms with Crippen molar-refractivity contribution < 1.29 is 13.2 Å². The molecule has 1 atom stereocenters. The fourth-order valence-electron chi connectivity index (χ4n) is 1.93. The van der Waals surface area contributed by atoms with Crippen LogP contribution >= 0.6 is 15.9 Å². The molecular formula is C13H19BrN2O3S. The summed E-state index contributed by atoms with van der Waals surface area (Å²) in [6, 6.07) is 4.22. The minimum absolute atomic E-state index is 0.0133. The minimum atomic E-state index is -3.84. The second kappa shape index (κ2) is 6.69. The number of benzene rings is 1. The van der Waals surface area contributed by atoms with Gasteiger partial charge in [-0.25, -0.2) is 13.6 Å². The first-order valence-electron chi connectivity index (χ1n) is 6.24. The van der Waals surface area contributed by atoms with E-state index in [0.717, 1.165) is 6.42 Å². The Morgan fingerprint density at radius 3 is 2.40 bits per heavy atom. The Morgan fingerprint density at radius 1 is 1.30 bits per heavy atom. The Morgan fingerprint density at radius 2 is 1.90 bits per heavy atom. The van der Waals surface area contributed by atoms with Gasteiger partial charge in [0, 0.05) is 16.1 Å². The van der Waals surface area contributed by atoms with Gasteiger partial charge in [0.15, 0.2) is 0 Å². The van der Waals surface area contributed by atoms with Crippen molar-refractivity contribution in [2.75, 3.05) is 0 Å². The van der Waals surface area contributed by atoms with E-state index < -0.39 is 10.0 Å². The van der Waals surface area contributed by atoms with Gasteiger partial charge in [0.2, 0.25) is 10.0 Å². The highest BCUT2D eigenvalue weighted by molar-refractivity contribution is 9.10. The summed E-state index contributed by atoms with van der Waals surface area (Å²) < 4.78 is 23.2. The zero-order chi connectivity index (χ0) is 15.5. The molecule has 0 fully saturated rings. The molecule has 0 heterocycles. The molecule has 0 spiro atoms. The van der Waals surface area contributed by atoms with Gasteiger partial charge in [-0.3, -0.25) is 4.79 Å². The summed E-state index contributed by atoms with van der Waals surface area (Å²) in [7, 11) is -3.84. The van der Waals surface area contributed by atoms with Crippen LogP contribution in [0.1, 0.15) is 37.6 Å². The second-order valence-corrected chi connectivity index (χ2v) is 7.70. The molecule has 0 saturated carbocycles. The van der Waals surface area contributed by atoms with Crippen molar-refractivity contribution in [3.8, 4) is 0 Å². The van der Waals surface area contributed by atoms with Crippen molar-refractivity contribution >= 4 is 31.9 Å². The monoisotopic (exact) mass is 362 g/mol. The zero-order valence-electron chi connectivity index (χ0n) is 11.7. The first-order chi connectivity index (χ1) is 9.09. The molecule has 1 unspecified atom stereocenters. The largest absolute Gasteiger partial charge is 0.350 e. The quantitative estimate of drug-likeness (QED) is 0.841. The third-order valence-electron chi connectivity index (χ3n) is 2.66. The van der Waals surface area contributed by atoms with E-state index in [4.69, 9.17) is 5.14 Å². The zero-order valence-corrected chi connectivity index (χ0v) is 14.1. The van der Waals surface area contributed by atoms with Crippen LogP contribution < -0.4 is 10.5 Å². The fraction of sp³-hybridized carbons (Fsp3) is 0.462. The molecule has 1 aromatic rings. The molecule has 0 aliphatic carbocycles. The van der Waals surface area contributed by atoms with E-state index >= 15 is 0 Å². The van der Waals surface area contributed by atoms with E-state index in [1.165, 1.54) is 12.1 Å². The Labute approximate surface area is 128 Å². The number of sulfonamides is 1. The van der Waals surface area contributed by atoms with Gasteiger partial charge < -0.3 is 5.32 Å². The van der Waals surface area contributed by atoms with E-state index in [9.17, 15) is 13.2 Å². The normalized spacial score (nSPS) is 13.3. The second-order valence-electron chi connectivity index (χ2n) is 5.22. The summed E-state index contributed by atoms with van der Waals surface area (Å²) in [5, 5.41) is 7.92. The van der Waals surface area contributed by atoms with Gasteiger partial charge in [-0.15, -0.1) is 0 Å². The Bertz CT molecular complexity index is 600. The lowest BCUT2D eigenvalue weighted by Gasteiger charge is -2.16. The van der Waals surface area contributed by atoms with Crippen LogP contribution in [0.5, 0.6) is 0 Å². The van der Waals surface area contributed by atoms with Crippen LogP contribution in [-0.4, -0.2) is 20.4 Å². The number of amides is 1. The molecule has 0 radical (unpaired) electrons. The molecule has 3 N–H and O–H groups in total. The van der Waals surface area contributed by atoms with Crippen LogP contribution in [0.4, 0.5) is 0 Å². The van der Waals surface area contributed by atoms with Crippen LogP contribution in [-0.2, 0) is 10.0 Å². The van der Waals surface area contributed by atoms with Gasteiger partial charge in [0.25, 0.3) is 5.91 Å². The molecule has 1 rings (SSSR count). The summed E-state index contributed by atoms with van der Waals surface area (Å²) in [6.45, 7) is 6.05. The smallest absolute Gasteiger partial charge is 0.251 e. The van der Waals surface area contributed by atoms with Crippen LogP contribution in [0.25, 0.3) is 0 Å². The van der Waals surface area contributed by atoms with Crippen molar-refractivity contribution in [3.63, 3.8) is 0 Å². The number of primary sulfonamides is 1. The van der Waals surface area contributed by atoms with Gasteiger partial charge in [-0.2, -0.15) is 0 Å². The van der Waals surface area contributed by atoms with Gasteiger partial charge in [0.05, 0.1) is 4.90 Å². The summed E-state index contributed by atoms with van der Waals surface area (Å²) in [6.07, 6.45) is 0.849. The Balaban J connectivity index is 2.97. The summed E-state index contributed by atoms with van der Waals surface area (Å²) in [4.78, 5) is 12.0. The first kappa shape index (κ1) is 17.1. The van der Waals surface area contributed by atoms with E-state index in [1.807, 2.05) is 6.92 Å². The molecule has 0 aliphatic heterocycles. The number of nitrogens with two attached hydrogens (primary N) is 1. The highest BCUT2D eigenvalue weighted by Crippen LogP contribution is 2.19. The van der Waals surface area contributed by atoms with E-state index in [1.54, 1.807) is 6.07 Å². The highest BCUT2D eigenvalue weighted by Gasteiger charge is 2.16. The summed E-state index contributed by atoms with van der Waals surface area (Å²) in [5.74, 6) is 0.150. The maximum Gasteiger partial charge on any atom is 0.251 e. The van der Waals surface area contributed by atoms with E-state index in [0.29, 0.717) is 10.4 Å². The molecule has 5 nitrogen and oxygen atoms in total.